The monoisotopic (exact) mass is 249 g/mol. The zero-order valence-electron chi connectivity index (χ0n) is 10.4. The summed E-state index contributed by atoms with van der Waals surface area (Å²) in [6.45, 7) is 1.06. The number of benzene rings is 1. The summed E-state index contributed by atoms with van der Waals surface area (Å²) in [7, 11) is 0. The van der Waals surface area contributed by atoms with Gasteiger partial charge in [0.05, 0.1) is 18.8 Å². The summed E-state index contributed by atoms with van der Waals surface area (Å²) in [5, 5.41) is 21.3. The number of carbonyl (C=O) groups is 1. The number of hydrogen-bond donors (Lipinski definition) is 3. The van der Waals surface area contributed by atoms with E-state index in [0.717, 1.165) is 5.56 Å². The van der Waals surface area contributed by atoms with E-state index in [-0.39, 0.29) is 12.5 Å². The summed E-state index contributed by atoms with van der Waals surface area (Å²) in [5.41, 5.74) is 1.14. The van der Waals surface area contributed by atoms with E-state index in [4.69, 9.17) is 5.11 Å². The highest BCUT2D eigenvalue weighted by atomic mass is 16.3. The van der Waals surface area contributed by atoms with Gasteiger partial charge >= 0.3 is 0 Å². The highest BCUT2D eigenvalue weighted by Crippen LogP contribution is 2.02. The van der Waals surface area contributed by atoms with Gasteiger partial charge in [-0.1, -0.05) is 42.5 Å². The molecule has 0 aliphatic rings. The highest BCUT2D eigenvalue weighted by Gasteiger charge is 2.15. The first-order valence-corrected chi connectivity index (χ1v) is 5.90. The maximum atomic E-state index is 10.9. The second kappa shape index (κ2) is 7.63. The van der Waals surface area contributed by atoms with Gasteiger partial charge in [0, 0.05) is 6.92 Å². The molecule has 3 N–H and O–H groups in total. The van der Waals surface area contributed by atoms with Gasteiger partial charge in [-0.25, -0.2) is 0 Å². The Bertz CT molecular complexity index is 389. The van der Waals surface area contributed by atoms with Gasteiger partial charge in [0.2, 0.25) is 5.91 Å². The van der Waals surface area contributed by atoms with Crippen LogP contribution in [0, 0.1) is 0 Å². The SMILES string of the molecule is CC(=O)N[C@@H](CO)[C@H](O)/C=C/Cc1ccccc1. The predicted molar refractivity (Wildman–Crippen MR) is 70.0 cm³/mol. The van der Waals surface area contributed by atoms with Gasteiger partial charge in [0.1, 0.15) is 0 Å². The van der Waals surface area contributed by atoms with Crippen LogP contribution in [0.5, 0.6) is 0 Å². The lowest BCUT2D eigenvalue weighted by Gasteiger charge is -2.18. The normalized spacial score (nSPS) is 14.4. The highest BCUT2D eigenvalue weighted by molar-refractivity contribution is 5.73. The molecule has 0 saturated carbocycles. The fraction of sp³-hybridized carbons (Fsp3) is 0.357. The third kappa shape index (κ3) is 5.12. The maximum absolute atomic E-state index is 10.9. The topological polar surface area (TPSA) is 69.6 Å². The van der Waals surface area contributed by atoms with Gasteiger partial charge in [0.15, 0.2) is 0 Å². The van der Waals surface area contributed by atoms with Crippen molar-refractivity contribution in [3.8, 4) is 0 Å². The summed E-state index contributed by atoms with van der Waals surface area (Å²) >= 11 is 0. The average molecular weight is 249 g/mol. The zero-order chi connectivity index (χ0) is 13.4. The van der Waals surface area contributed by atoms with Crippen LogP contribution in [0.15, 0.2) is 42.5 Å². The molecule has 1 amide bonds. The van der Waals surface area contributed by atoms with E-state index in [9.17, 15) is 9.90 Å². The second-order valence-corrected chi connectivity index (χ2v) is 4.10. The Kier molecular flexibility index (Phi) is 6.11. The number of aliphatic hydroxyl groups excluding tert-OH is 2. The molecule has 0 fully saturated rings. The fourth-order valence-electron chi connectivity index (χ4n) is 1.59. The van der Waals surface area contributed by atoms with Gasteiger partial charge in [-0.05, 0) is 12.0 Å². The number of amides is 1. The molecule has 0 spiro atoms. The standard InChI is InChI=1S/C14H19NO3/c1-11(17)15-13(10-16)14(18)9-5-8-12-6-3-2-4-7-12/h2-7,9,13-14,16,18H,8,10H2,1H3,(H,15,17)/b9-5+/t13-,14+/m0/s1. The van der Waals surface area contributed by atoms with Crippen LogP contribution in [0.2, 0.25) is 0 Å². The second-order valence-electron chi connectivity index (χ2n) is 4.10. The van der Waals surface area contributed by atoms with Crippen LogP contribution in [0.25, 0.3) is 0 Å². The summed E-state index contributed by atoms with van der Waals surface area (Å²) in [5.74, 6) is -0.274. The summed E-state index contributed by atoms with van der Waals surface area (Å²) in [4.78, 5) is 10.9. The predicted octanol–water partition coefficient (Wildman–Crippen LogP) is 0.643. The fourth-order valence-corrected chi connectivity index (χ4v) is 1.59. The van der Waals surface area contributed by atoms with E-state index in [1.165, 1.54) is 6.92 Å². The van der Waals surface area contributed by atoms with Crippen molar-refractivity contribution in [2.75, 3.05) is 6.61 Å². The Morgan fingerprint density at radius 1 is 1.39 bits per heavy atom. The minimum Gasteiger partial charge on any atom is -0.394 e. The molecule has 1 aromatic rings. The molecule has 4 heteroatoms. The van der Waals surface area contributed by atoms with Gasteiger partial charge in [0.25, 0.3) is 0 Å². The molecular formula is C14H19NO3. The third-order valence-electron chi connectivity index (χ3n) is 2.53. The van der Waals surface area contributed by atoms with Crippen molar-refractivity contribution in [2.45, 2.75) is 25.5 Å². The summed E-state index contributed by atoms with van der Waals surface area (Å²) in [6.07, 6.45) is 3.23. The minimum atomic E-state index is -0.886. The number of hydrogen-bond acceptors (Lipinski definition) is 3. The molecule has 0 unspecified atom stereocenters. The van der Waals surface area contributed by atoms with Crippen molar-refractivity contribution in [1.82, 2.24) is 5.32 Å². The van der Waals surface area contributed by atoms with Crippen LogP contribution in [-0.4, -0.2) is 34.9 Å². The Labute approximate surface area is 107 Å². The zero-order valence-corrected chi connectivity index (χ0v) is 10.4. The van der Waals surface area contributed by atoms with E-state index in [1.54, 1.807) is 6.08 Å². The van der Waals surface area contributed by atoms with Crippen molar-refractivity contribution < 1.29 is 15.0 Å². The largest absolute Gasteiger partial charge is 0.394 e. The minimum absolute atomic E-state index is 0.274. The molecule has 0 bridgehead atoms. The van der Waals surface area contributed by atoms with Crippen LogP contribution in [0.1, 0.15) is 12.5 Å². The molecule has 0 aromatic heterocycles. The third-order valence-corrected chi connectivity index (χ3v) is 2.53. The number of rotatable bonds is 6. The lowest BCUT2D eigenvalue weighted by atomic mass is 10.1. The van der Waals surface area contributed by atoms with Crippen molar-refractivity contribution in [3.05, 3.63) is 48.0 Å². The Balaban J connectivity index is 2.47. The van der Waals surface area contributed by atoms with E-state index in [2.05, 4.69) is 5.32 Å². The lowest BCUT2D eigenvalue weighted by molar-refractivity contribution is -0.120. The van der Waals surface area contributed by atoms with Gasteiger partial charge in [-0.15, -0.1) is 0 Å². The van der Waals surface area contributed by atoms with Crippen molar-refractivity contribution >= 4 is 5.91 Å². The van der Waals surface area contributed by atoms with Crippen LogP contribution in [-0.2, 0) is 11.2 Å². The van der Waals surface area contributed by atoms with E-state index < -0.39 is 12.1 Å². The molecular weight excluding hydrogens is 230 g/mol. The molecule has 1 rings (SSSR count). The molecule has 2 atom stereocenters. The average Bonchev–Trinajstić information content (AvgIpc) is 2.36. The summed E-state index contributed by atoms with van der Waals surface area (Å²) in [6, 6.07) is 9.18. The van der Waals surface area contributed by atoms with Crippen molar-refractivity contribution in [1.29, 1.82) is 0 Å². The van der Waals surface area contributed by atoms with Gasteiger partial charge in [-0.2, -0.15) is 0 Å². The molecule has 4 nitrogen and oxygen atoms in total. The van der Waals surface area contributed by atoms with Crippen molar-refractivity contribution in [3.63, 3.8) is 0 Å². The number of aliphatic hydroxyl groups is 2. The molecule has 18 heavy (non-hydrogen) atoms. The number of allylic oxidation sites excluding steroid dienone is 1. The quantitative estimate of drug-likeness (QED) is 0.648. The maximum Gasteiger partial charge on any atom is 0.217 e. The van der Waals surface area contributed by atoms with E-state index in [1.807, 2.05) is 36.4 Å². The first-order valence-electron chi connectivity index (χ1n) is 5.90. The molecule has 98 valence electrons. The van der Waals surface area contributed by atoms with Crippen LogP contribution >= 0.6 is 0 Å². The van der Waals surface area contributed by atoms with Crippen LogP contribution in [0.4, 0.5) is 0 Å². The smallest absolute Gasteiger partial charge is 0.217 e. The van der Waals surface area contributed by atoms with Gasteiger partial charge in [-0.3, -0.25) is 4.79 Å². The molecule has 0 aliphatic heterocycles. The molecule has 0 heterocycles. The lowest BCUT2D eigenvalue weighted by Crippen LogP contribution is -2.44. The summed E-state index contributed by atoms with van der Waals surface area (Å²) < 4.78 is 0. The Hall–Kier alpha value is -1.65. The number of nitrogens with one attached hydrogen (secondary N) is 1. The molecule has 0 saturated heterocycles. The molecule has 0 radical (unpaired) electrons. The van der Waals surface area contributed by atoms with Crippen LogP contribution < -0.4 is 5.32 Å². The van der Waals surface area contributed by atoms with Crippen LogP contribution in [0.3, 0.4) is 0 Å². The molecule has 0 aliphatic carbocycles. The van der Waals surface area contributed by atoms with Gasteiger partial charge < -0.3 is 15.5 Å². The number of carbonyl (C=O) groups excluding carboxylic acids is 1. The first kappa shape index (κ1) is 14.4. The first-order chi connectivity index (χ1) is 8.63. The van der Waals surface area contributed by atoms with E-state index in [0.29, 0.717) is 6.42 Å². The Morgan fingerprint density at radius 2 is 2.06 bits per heavy atom. The molecule has 1 aromatic carbocycles. The Morgan fingerprint density at radius 3 is 2.61 bits per heavy atom. The van der Waals surface area contributed by atoms with E-state index >= 15 is 0 Å². The van der Waals surface area contributed by atoms with Crippen molar-refractivity contribution in [2.24, 2.45) is 0 Å².